The van der Waals surface area contributed by atoms with E-state index in [1.807, 2.05) is 0 Å². The second-order valence-electron chi connectivity index (χ2n) is 6.27. The van der Waals surface area contributed by atoms with Crippen LogP contribution >= 0.6 is 0 Å². The first-order valence-corrected chi connectivity index (χ1v) is 8.57. The Kier molecular flexibility index (Phi) is 4.50. The molecule has 0 aliphatic carbocycles. The summed E-state index contributed by atoms with van der Waals surface area (Å²) in [7, 11) is 1.51. The van der Waals surface area contributed by atoms with Crippen LogP contribution in [0.5, 0.6) is 5.75 Å². The first-order chi connectivity index (χ1) is 13.5. The van der Waals surface area contributed by atoms with Crippen molar-refractivity contribution in [2.24, 2.45) is 0 Å². The number of aromatic nitrogens is 3. The molecule has 0 saturated carbocycles. The smallest absolute Gasteiger partial charge is 0.264 e. The summed E-state index contributed by atoms with van der Waals surface area (Å²) in [5, 5.41) is 4.67. The molecule has 0 spiro atoms. The molecule has 0 unspecified atom stereocenters. The molecule has 2 aromatic heterocycles. The second kappa shape index (κ2) is 6.99. The molecule has 0 bridgehead atoms. The van der Waals surface area contributed by atoms with Crippen LogP contribution in [0.2, 0.25) is 0 Å². The van der Waals surface area contributed by atoms with E-state index in [0.29, 0.717) is 28.4 Å². The Hall–Kier alpha value is -3.35. The van der Waals surface area contributed by atoms with Crippen molar-refractivity contribution in [3.05, 3.63) is 71.7 Å². The highest BCUT2D eigenvalue weighted by Crippen LogP contribution is 2.36. The van der Waals surface area contributed by atoms with Crippen molar-refractivity contribution in [2.75, 3.05) is 7.11 Å². The number of fused-ring (bicyclic) bond motifs is 1. The third-order valence-corrected chi connectivity index (χ3v) is 4.53. The Morgan fingerprint density at radius 2 is 1.75 bits per heavy atom. The fourth-order valence-corrected chi connectivity index (χ4v) is 3.25. The predicted molar refractivity (Wildman–Crippen MR) is 101 cm³/mol. The van der Waals surface area contributed by atoms with E-state index < -0.39 is 12.2 Å². The van der Waals surface area contributed by atoms with Crippen LogP contribution < -0.4 is 4.74 Å². The van der Waals surface area contributed by atoms with Gasteiger partial charge in [-0.05, 0) is 49.4 Å². The van der Waals surface area contributed by atoms with Gasteiger partial charge < -0.3 is 4.74 Å². The fourth-order valence-electron chi connectivity index (χ4n) is 3.25. The van der Waals surface area contributed by atoms with Crippen molar-refractivity contribution < 1.29 is 17.9 Å². The summed E-state index contributed by atoms with van der Waals surface area (Å²) in [5.74, 6) is 0.131. The van der Waals surface area contributed by atoms with Gasteiger partial charge in [0.05, 0.1) is 29.6 Å². The van der Waals surface area contributed by atoms with E-state index in [1.165, 1.54) is 42.1 Å². The largest absolute Gasteiger partial charge is 0.496 e. The maximum Gasteiger partial charge on any atom is 0.264 e. The van der Waals surface area contributed by atoms with Crippen molar-refractivity contribution in [1.29, 1.82) is 0 Å². The quantitative estimate of drug-likeness (QED) is 0.468. The summed E-state index contributed by atoms with van der Waals surface area (Å²) < 4.78 is 47.9. The zero-order valence-electron chi connectivity index (χ0n) is 15.2. The van der Waals surface area contributed by atoms with Gasteiger partial charge in [0, 0.05) is 11.1 Å². The molecular weight excluding hydrogens is 367 g/mol. The number of aryl methyl sites for hydroxylation is 1. The summed E-state index contributed by atoms with van der Waals surface area (Å²) in [6, 6.07) is 14.1. The average molecular weight is 383 g/mol. The molecule has 0 aliphatic heterocycles. The van der Waals surface area contributed by atoms with E-state index in [1.54, 1.807) is 31.2 Å². The Balaban J connectivity index is 2.04. The van der Waals surface area contributed by atoms with Crippen LogP contribution in [0.3, 0.4) is 0 Å². The second-order valence-corrected chi connectivity index (χ2v) is 6.27. The highest BCUT2D eigenvalue weighted by Gasteiger charge is 2.22. The van der Waals surface area contributed by atoms with E-state index in [0.717, 1.165) is 0 Å². The lowest BCUT2D eigenvalue weighted by Crippen LogP contribution is -2.00. The molecule has 0 atom stereocenters. The van der Waals surface area contributed by atoms with Crippen molar-refractivity contribution in [3.8, 4) is 22.7 Å². The third kappa shape index (κ3) is 2.98. The number of ether oxygens (including phenoxy) is 1. The molecule has 2 aromatic carbocycles. The van der Waals surface area contributed by atoms with Gasteiger partial charge in [-0.1, -0.05) is 12.1 Å². The summed E-state index contributed by atoms with van der Waals surface area (Å²) in [6.07, 6.45) is -2.71. The SMILES string of the molecule is COc1ccccc1-c1cc(C(F)F)c2c(C)nn(-c3ccc(F)cc3)c2n1. The van der Waals surface area contributed by atoms with Gasteiger partial charge in [-0.3, -0.25) is 0 Å². The number of halogens is 3. The molecule has 0 amide bonds. The molecule has 0 N–H and O–H groups in total. The molecule has 2 heterocycles. The van der Waals surface area contributed by atoms with E-state index in [9.17, 15) is 13.2 Å². The normalized spacial score (nSPS) is 11.4. The Morgan fingerprint density at radius 1 is 1.04 bits per heavy atom. The summed E-state index contributed by atoms with van der Waals surface area (Å²) in [6.45, 7) is 1.65. The van der Waals surface area contributed by atoms with Crippen molar-refractivity contribution in [2.45, 2.75) is 13.3 Å². The minimum Gasteiger partial charge on any atom is -0.496 e. The number of methoxy groups -OCH3 is 1. The van der Waals surface area contributed by atoms with E-state index in [2.05, 4.69) is 10.1 Å². The minimum atomic E-state index is -2.71. The molecule has 7 heteroatoms. The summed E-state index contributed by atoms with van der Waals surface area (Å²) in [5.41, 5.74) is 2.03. The molecule has 4 rings (SSSR count). The van der Waals surface area contributed by atoms with Gasteiger partial charge in [-0.15, -0.1) is 0 Å². The predicted octanol–water partition coefficient (Wildman–Crippen LogP) is 5.48. The van der Waals surface area contributed by atoms with Gasteiger partial charge in [-0.25, -0.2) is 22.8 Å². The molecule has 0 aliphatic rings. The summed E-state index contributed by atoms with van der Waals surface area (Å²) >= 11 is 0. The molecular formula is C21H16F3N3O. The van der Waals surface area contributed by atoms with Gasteiger partial charge in [-0.2, -0.15) is 5.10 Å². The fraction of sp³-hybridized carbons (Fsp3) is 0.143. The number of pyridine rings is 1. The monoisotopic (exact) mass is 383 g/mol. The zero-order chi connectivity index (χ0) is 19.8. The number of nitrogens with zero attached hydrogens (tertiary/aromatic N) is 3. The Labute approximate surface area is 159 Å². The topological polar surface area (TPSA) is 39.9 Å². The zero-order valence-corrected chi connectivity index (χ0v) is 15.2. The number of alkyl halides is 2. The number of para-hydroxylation sites is 1. The number of rotatable bonds is 4. The van der Waals surface area contributed by atoms with Crippen LogP contribution in [0.4, 0.5) is 13.2 Å². The average Bonchev–Trinajstić information content (AvgIpc) is 3.04. The first-order valence-electron chi connectivity index (χ1n) is 8.57. The molecule has 4 aromatic rings. The van der Waals surface area contributed by atoms with Crippen LogP contribution in [-0.2, 0) is 0 Å². The maximum absolute atomic E-state index is 13.9. The lowest BCUT2D eigenvalue weighted by molar-refractivity contribution is 0.153. The van der Waals surface area contributed by atoms with Gasteiger partial charge >= 0.3 is 0 Å². The molecule has 0 fully saturated rings. The molecule has 28 heavy (non-hydrogen) atoms. The lowest BCUT2D eigenvalue weighted by atomic mass is 10.0. The van der Waals surface area contributed by atoms with E-state index in [-0.39, 0.29) is 16.6 Å². The van der Waals surface area contributed by atoms with Crippen molar-refractivity contribution >= 4 is 11.0 Å². The standard InChI is InChI=1S/C21H16F3N3O/c1-12-19-16(20(23)24)11-17(15-5-3-4-6-18(15)28-2)25-21(19)27(26-12)14-9-7-13(22)8-10-14/h3-11,20H,1-2H3. The van der Waals surface area contributed by atoms with Crippen molar-refractivity contribution in [3.63, 3.8) is 0 Å². The van der Waals surface area contributed by atoms with Crippen LogP contribution in [0.1, 0.15) is 17.7 Å². The first kappa shape index (κ1) is 18.0. The Morgan fingerprint density at radius 3 is 2.43 bits per heavy atom. The van der Waals surface area contributed by atoms with Gasteiger partial charge in [0.2, 0.25) is 0 Å². The maximum atomic E-state index is 13.9. The molecule has 0 radical (unpaired) electrons. The number of benzene rings is 2. The third-order valence-electron chi connectivity index (χ3n) is 4.53. The van der Waals surface area contributed by atoms with Crippen LogP contribution in [0.15, 0.2) is 54.6 Å². The Bertz CT molecular complexity index is 1150. The molecule has 0 saturated heterocycles. The minimum absolute atomic E-state index is 0.156. The lowest BCUT2D eigenvalue weighted by Gasteiger charge is -2.11. The number of hydrogen-bond donors (Lipinski definition) is 0. The van der Waals surface area contributed by atoms with Crippen LogP contribution in [0.25, 0.3) is 28.0 Å². The number of hydrogen-bond acceptors (Lipinski definition) is 3. The van der Waals surface area contributed by atoms with E-state index >= 15 is 0 Å². The molecule has 142 valence electrons. The summed E-state index contributed by atoms with van der Waals surface area (Å²) in [4.78, 5) is 4.61. The van der Waals surface area contributed by atoms with Crippen LogP contribution in [0, 0.1) is 12.7 Å². The van der Waals surface area contributed by atoms with E-state index in [4.69, 9.17) is 4.74 Å². The highest BCUT2D eigenvalue weighted by molar-refractivity contribution is 5.87. The van der Waals surface area contributed by atoms with Crippen molar-refractivity contribution in [1.82, 2.24) is 14.8 Å². The van der Waals surface area contributed by atoms with Gasteiger partial charge in [0.1, 0.15) is 11.6 Å². The molecule has 4 nitrogen and oxygen atoms in total. The van der Waals surface area contributed by atoms with Crippen LogP contribution in [-0.4, -0.2) is 21.9 Å². The van der Waals surface area contributed by atoms with Gasteiger partial charge in [0.25, 0.3) is 6.43 Å². The van der Waals surface area contributed by atoms with Gasteiger partial charge in [0.15, 0.2) is 5.65 Å². The highest BCUT2D eigenvalue weighted by atomic mass is 19.3.